The minimum absolute atomic E-state index is 0.0249. The molecule has 0 aliphatic heterocycles. The Labute approximate surface area is 283 Å². The molecule has 7 N–H and O–H groups in total. The number of benzene rings is 2. The molecule has 2 aromatic carbocycles. The van der Waals surface area contributed by atoms with Crippen LogP contribution in [0.25, 0.3) is 0 Å². The third-order valence-corrected chi connectivity index (χ3v) is 7.89. The van der Waals surface area contributed by atoms with Gasteiger partial charge in [0.2, 0.25) is 29.5 Å². The molecule has 0 unspecified atom stereocenters. The van der Waals surface area contributed by atoms with E-state index in [-0.39, 0.29) is 36.5 Å². The first kappa shape index (κ1) is 39.9. The quantitative estimate of drug-likeness (QED) is 0.134. The van der Waals surface area contributed by atoms with E-state index in [2.05, 4.69) is 26.6 Å². The predicted molar refractivity (Wildman–Crippen MR) is 184 cm³/mol. The third-order valence-electron chi connectivity index (χ3n) is 7.89. The lowest BCUT2D eigenvalue weighted by Crippen LogP contribution is -2.60. The fourth-order valence-corrected chi connectivity index (χ4v) is 5.26. The summed E-state index contributed by atoms with van der Waals surface area (Å²) in [5.74, 6) is -3.40. The lowest BCUT2D eigenvalue weighted by molar-refractivity contribution is -0.135. The molecule has 0 spiro atoms. The zero-order chi connectivity index (χ0) is 36.0. The van der Waals surface area contributed by atoms with Crippen molar-refractivity contribution in [2.75, 3.05) is 7.05 Å². The van der Waals surface area contributed by atoms with Gasteiger partial charge in [-0.2, -0.15) is 0 Å². The lowest BCUT2D eigenvalue weighted by atomic mass is 9.98. The van der Waals surface area contributed by atoms with Crippen LogP contribution in [0, 0.1) is 23.6 Å². The minimum Gasteiger partial charge on any atom is -0.368 e. The molecule has 0 saturated carbocycles. The fourth-order valence-electron chi connectivity index (χ4n) is 5.26. The summed E-state index contributed by atoms with van der Waals surface area (Å²) in [6.07, 6.45) is 0.923. The van der Waals surface area contributed by atoms with Crippen molar-refractivity contribution in [3.8, 4) is 0 Å². The van der Waals surface area contributed by atoms with Crippen LogP contribution in [0.5, 0.6) is 0 Å². The standard InChI is InChI=1S/C36H53FN6O5/c1-21(2)17-27(32(38)44)40-34(46)29(20-25-13-15-26(37)16-14-25)41-35(47)30(19-24-11-9-8-10-12-24)42-36(48)31(23(5)6)43-33(45)28(39-7)18-22(3)4/h8-16,21-23,27-31,39H,17-20H2,1-7H3,(H2,38,44)(H,40,46)(H,41,47)(H,42,48)(H,43,45)/t27-,28-,29-,30-,31-/m1/s1. The molecule has 0 fully saturated rings. The Bertz CT molecular complexity index is 1350. The van der Waals surface area contributed by atoms with Gasteiger partial charge >= 0.3 is 0 Å². The van der Waals surface area contributed by atoms with Crippen molar-refractivity contribution in [1.82, 2.24) is 26.6 Å². The zero-order valence-electron chi connectivity index (χ0n) is 29.1. The second-order valence-corrected chi connectivity index (χ2v) is 13.4. The number of hydrogen-bond acceptors (Lipinski definition) is 6. The van der Waals surface area contributed by atoms with Crippen LogP contribution >= 0.6 is 0 Å². The summed E-state index contributed by atoms with van der Waals surface area (Å²) >= 11 is 0. The molecule has 0 bridgehead atoms. The molecular formula is C36H53FN6O5. The Kier molecular flexibility index (Phi) is 16.2. The summed E-state index contributed by atoms with van der Waals surface area (Å²) in [6.45, 7) is 11.4. The fraction of sp³-hybridized carbons (Fsp3) is 0.528. The van der Waals surface area contributed by atoms with Crippen LogP contribution in [0.4, 0.5) is 4.39 Å². The Morgan fingerprint density at radius 3 is 1.50 bits per heavy atom. The zero-order valence-corrected chi connectivity index (χ0v) is 29.1. The molecule has 5 amide bonds. The maximum Gasteiger partial charge on any atom is 0.243 e. The summed E-state index contributed by atoms with van der Waals surface area (Å²) in [6, 6.07) is 9.78. The number of rotatable bonds is 19. The van der Waals surface area contributed by atoms with Crippen LogP contribution in [0.15, 0.2) is 54.6 Å². The van der Waals surface area contributed by atoms with Gasteiger partial charge in [0, 0.05) is 12.8 Å². The highest BCUT2D eigenvalue weighted by atomic mass is 19.1. The second kappa shape index (κ2) is 19.5. The summed E-state index contributed by atoms with van der Waals surface area (Å²) in [5, 5.41) is 14.1. The van der Waals surface area contributed by atoms with Gasteiger partial charge in [0.15, 0.2) is 0 Å². The van der Waals surface area contributed by atoms with Crippen LogP contribution in [-0.2, 0) is 36.8 Å². The maximum absolute atomic E-state index is 14.0. The van der Waals surface area contributed by atoms with Gasteiger partial charge in [0.25, 0.3) is 0 Å². The molecule has 2 aromatic rings. The summed E-state index contributed by atoms with van der Waals surface area (Å²) in [7, 11) is 1.68. The molecule has 0 aliphatic carbocycles. The molecule has 2 rings (SSSR count). The summed E-state index contributed by atoms with van der Waals surface area (Å²) in [5.41, 5.74) is 6.88. The van der Waals surface area contributed by atoms with E-state index in [0.29, 0.717) is 18.4 Å². The van der Waals surface area contributed by atoms with E-state index in [1.54, 1.807) is 33.0 Å². The van der Waals surface area contributed by atoms with Gasteiger partial charge in [-0.3, -0.25) is 24.0 Å². The molecule has 0 aliphatic rings. The number of halogens is 1. The van der Waals surface area contributed by atoms with Crippen molar-refractivity contribution < 1.29 is 28.4 Å². The lowest BCUT2D eigenvalue weighted by Gasteiger charge is -2.28. The number of primary amides is 1. The Morgan fingerprint density at radius 1 is 0.604 bits per heavy atom. The van der Waals surface area contributed by atoms with Crippen molar-refractivity contribution in [3.63, 3.8) is 0 Å². The normalized spacial score (nSPS) is 14.5. The van der Waals surface area contributed by atoms with Crippen LogP contribution in [-0.4, -0.2) is 66.8 Å². The molecule has 0 aromatic heterocycles. The smallest absolute Gasteiger partial charge is 0.243 e. The van der Waals surface area contributed by atoms with Crippen LogP contribution < -0.4 is 32.3 Å². The van der Waals surface area contributed by atoms with E-state index < -0.39 is 59.7 Å². The van der Waals surface area contributed by atoms with Crippen molar-refractivity contribution >= 4 is 29.5 Å². The largest absolute Gasteiger partial charge is 0.368 e. The van der Waals surface area contributed by atoms with E-state index >= 15 is 0 Å². The van der Waals surface area contributed by atoms with E-state index in [0.717, 1.165) is 5.56 Å². The van der Waals surface area contributed by atoms with Gasteiger partial charge in [0.05, 0.1) is 6.04 Å². The molecule has 5 atom stereocenters. The average Bonchev–Trinajstić information content (AvgIpc) is 3.02. The van der Waals surface area contributed by atoms with Crippen molar-refractivity contribution in [2.45, 2.75) is 97.4 Å². The number of amides is 5. The first-order valence-electron chi connectivity index (χ1n) is 16.6. The van der Waals surface area contributed by atoms with Crippen molar-refractivity contribution in [2.24, 2.45) is 23.5 Å². The number of carbonyl (C=O) groups is 5. The number of nitrogens with one attached hydrogen (secondary N) is 5. The summed E-state index contributed by atoms with van der Waals surface area (Å²) in [4.78, 5) is 66.6. The number of nitrogens with two attached hydrogens (primary N) is 1. The molecule has 0 heterocycles. The highest BCUT2D eigenvalue weighted by molar-refractivity contribution is 5.96. The van der Waals surface area contributed by atoms with Crippen molar-refractivity contribution in [1.29, 1.82) is 0 Å². The van der Waals surface area contributed by atoms with E-state index in [4.69, 9.17) is 5.73 Å². The first-order chi connectivity index (χ1) is 22.6. The van der Waals surface area contributed by atoms with Crippen LogP contribution in [0.1, 0.15) is 65.5 Å². The summed E-state index contributed by atoms with van der Waals surface area (Å²) < 4.78 is 13.7. The minimum atomic E-state index is -1.19. The monoisotopic (exact) mass is 668 g/mol. The predicted octanol–water partition coefficient (Wildman–Crippen LogP) is 2.37. The molecule has 0 radical (unpaired) electrons. The topological polar surface area (TPSA) is 172 Å². The molecule has 0 saturated heterocycles. The Hall–Kier alpha value is -4.32. The van der Waals surface area contributed by atoms with Gasteiger partial charge in [-0.25, -0.2) is 4.39 Å². The molecular weight excluding hydrogens is 615 g/mol. The van der Waals surface area contributed by atoms with Gasteiger partial charge < -0.3 is 32.3 Å². The number of likely N-dealkylation sites (N-methyl/N-ethyl adjacent to an activating group) is 1. The molecule has 264 valence electrons. The Morgan fingerprint density at radius 2 is 1.04 bits per heavy atom. The van der Waals surface area contributed by atoms with Gasteiger partial charge in [-0.15, -0.1) is 0 Å². The molecule has 12 heteroatoms. The number of hydrogen-bond donors (Lipinski definition) is 6. The van der Waals surface area contributed by atoms with Crippen LogP contribution in [0.2, 0.25) is 0 Å². The SMILES string of the molecule is CN[C@H](CC(C)C)C(=O)N[C@@H](C(=O)N[C@H](Cc1ccccc1)C(=O)N[C@H](Cc1ccc(F)cc1)C(=O)N[C@H](CC(C)C)C(N)=O)C(C)C. The maximum atomic E-state index is 14.0. The van der Waals surface area contributed by atoms with Gasteiger partial charge in [-0.05, 0) is 60.9 Å². The van der Waals surface area contributed by atoms with E-state index in [9.17, 15) is 28.4 Å². The number of carbonyl (C=O) groups excluding carboxylic acids is 5. The van der Waals surface area contributed by atoms with Crippen LogP contribution in [0.3, 0.4) is 0 Å². The third kappa shape index (κ3) is 13.4. The van der Waals surface area contributed by atoms with Gasteiger partial charge in [0.1, 0.15) is 30.0 Å². The van der Waals surface area contributed by atoms with Gasteiger partial charge in [-0.1, -0.05) is 84.0 Å². The second-order valence-electron chi connectivity index (χ2n) is 13.4. The highest BCUT2D eigenvalue weighted by Crippen LogP contribution is 2.12. The van der Waals surface area contributed by atoms with E-state index in [1.165, 1.54) is 24.3 Å². The van der Waals surface area contributed by atoms with E-state index in [1.807, 2.05) is 45.9 Å². The average molecular weight is 669 g/mol. The first-order valence-corrected chi connectivity index (χ1v) is 16.6. The highest BCUT2D eigenvalue weighted by Gasteiger charge is 2.33. The Balaban J connectivity index is 2.39. The molecule has 11 nitrogen and oxygen atoms in total. The van der Waals surface area contributed by atoms with Crippen molar-refractivity contribution in [3.05, 3.63) is 71.5 Å². The molecule has 48 heavy (non-hydrogen) atoms.